The lowest BCUT2D eigenvalue weighted by Crippen LogP contribution is -2.14. The average molecular weight is 261 g/mol. The Morgan fingerprint density at radius 1 is 1.28 bits per heavy atom. The fourth-order valence-corrected chi connectivity index (χ4v) is 3.05. The number of nitrogens with zero attached hydrogens (tertiary/aromatic N) is 2. The first-order chi connectivity index (χ1) is 8.36. The molecule has 0 aliphatic carbocycles. The minimum atomic E-state index is 0.0285. The summed E-state index contributed by atoms with van der Waals surface area (Å²) in [6.45, 7) is 8.56. The van der Waals surface area contributed by atoms with Gasteiger partial charge in [0.15, 0.2) is 5.13 Å². The third-order valence-electron chi connectivity index (χ3n) is 2.72. The van der Waals surface area contributed by atoms with Gasteiger partial charge in [-0.25, -0.2) is 4.98 Å². The van der Waals surface area contributed by atoms with Gasteiger partial charge in [0.25, 0.3) is 0 Å². The number of rotatable bonds is 2. The zero-order valence-electron chi connectivity index (χ0n) is 11.3. The molecule has 0 radical (unpaired) electrons. The smallest absolute Gasteiger partial charge is 0.180 e. The molecule has 0 aromatic carbocycles. The molecular formula is C14H19N3S. The Bertz CT molecular complexity index is 552. The van der Waals surface area contributed by atoms with E-state index in [0.717, 1.165) is 12.1 Å². The van der Waals surface area contributed by atoms with Crippen LogP contribution < -0.4 is 5.73 Å². The molecule has 2 N–H and O–H groups in total. The van der Waals surface area contributed by atoms with E-state index in [1.807, 2.05) is 12.4 Å². The maximum absolute atomic E-state index is 5.85. The zero-order chi connectivity index (χ0) is 13.3. The number of hydrogen-bond donors (Lipinski definition) is 1. The predicted molar refractivity (Wildman–Crippen MR) is 77.0 cm³/mol. The summed E-state index contributed by atoms with van der Waals surface area (Å²) in [7, 11) is 0. The molecule has 0 saturated heterocycles. The van der Waals surface area contributed by atoms with E-state index in [1.54, 1.807) is 11.3 Å². The summed E-state index contributed by atoms with van der Waals surface area (Å²) in [5.41, 5.74) is 9.38. The molecule has 0 spiro atoms. The van der Waals surface area contributed by atoms with Crippen LogP contribution in [0.1, 0.15) is 42.5 Å². The molecule has 0 fully saturated rings. The number of aromatic nitrogens is 2. The van der Waals surface area contributed by atoms with Crippen molar-refractivity contribution >= 4 is 16.5 Å². The molecule has 0 atom stereocenters. The lowest BCUT2D eigenvalue weighted by Gasteiger charge is -2.17. The molecule has 0 unspecified atom stereocenters. The number of nitrogen functional groups attached to an aromatic ring is 1. The van der Waals surface area contributed by atoms with Crippen molar-refractivity contribution in [3.05, 3.63) is 40.2 Å². The van der Waals surface area contributed by atoms with Crippen LogP contribution in [-0.2, 0) is 11.8 Å². The lowest BCUT2D eigenvalue weighted by atomic mass is 9.90. The van der Waals surface area contributed by atoms with Crippen LogP contribution in [0.4, 0.5) is 5.13 Å². The average Bonchev–Trinajstić information content (AvgIpc) is 2.59. The largest absolute Gasteiger partial charge is 0.375 e. The van der Waals surface area contributed by atoms with Crippen molar-refractivity contribution in [1.82, 2.24) is 9.97 Å². The fraction of sp³-hybridized carbons (Fsp3) is 0.429. The van der Waals surface area contributed by atoms with E-state index in [9.17, 15) is 0 Å². The van der Waals surface area contributed by atoms with E-state index < -0.39 is 0 Å². The first-order valence-corrected chi connectivity index (χ1v) is 6.84. The molecule has 2 aromatic rings. The van der Waals surface area contributed by atoms with Crippen molar-refractivity contribution in [2.75, 3.05) is 5.73 Å². The number of aryl methyl sites for hydroxylation is 1. The summed E-state index contributed by atoms with van der Waals surface area (Å²) < 4.78 is 0. The van der Waals surface area contributed by atoms with Gasteiger partial charge in [0.2, 0.25) is 0 Å². The summed E-state index contributed by atoms with van der Waals surface area (Å²) in [6, 6.07) is 2.16. The van der Waals surface area contributed by atoms with Gasteiger partial charge in [-0.2, -0.15) is 0 Å². The zero-order valence-corrected chi connectivity index (χ0v) is 12.1. The number of thiazole rings is 1. The lowest BCUT2D eigenvalue weighted by molar-refractivity contribution is 0.568. The molecular weight excluding hydrogens is 242 g/mol. The molecule has 2 aromatic heterocycles. The molecule has 0 bridgehead atoms. The molecule has 2 rings (SSSR count). The number of hydrogen-bond acceptors (Lipinski definition) is 4. The topological polar surface area (TPSA) is 51.8 Å². The van der Waals surface area contributed by atoms with Gasteiger partial charge in [0.05, 0.1) is 5.69 Å². The number of nitrogens with two attached hydrogens (primary N) is 1. The van der Waals surface area contributed by atoms with Gasteiger partial charge in [-0.1, -0.05) is 26.8 Å². The van der Waals surface area contributed by atoms with Crippen molar-refractivity contribution in [2.24, 2.45) is 0 Å². The maximum atomic E-state index is 5.85. The molecule has 0 amide bonds. The molecule has 0 aliphatic rings. The Labute approximate surface area is 112 Å². The highest BCUT2D eigenvalue weighted by atomic mass is 32.1. The van der Waals surface area contributed by atoms with Crippen molar-refractivity contribution in [3.63, 3.8) is 0 Å². The van der Waals surface area contributed by atoms with Crippen LogP contribution in [0.5, 0.6) is 0 Å². The summed E-state index contributed by atoms with van der Waals surface area (Å²) >= 11 is 1.58. The molecule has 3 nitrogen and oxygen atoms in total. The Hall–Kier alpha value is -1.42. The SMILES string of the molecule is Cc1cncc(Cc2sc(N)nc2C(C)(C)C)c1. The second kappa shape index (κ2) is 4.69. The second-order valence-electron chi connectivity index (χ2n) is 5.62. The second-order valence-corrected chi connectivity index (χ2v) is 6.74. The maximum Gasteiger partial charge on any atom is 0.180 e. The minimum absolute atomic E-state index is 0.0285. The van der Waals surface area contributed by atoms with Gasteiger partial charge in [0.1, 0.15) is 0 Å². The molecule has 0 saturated carbocycles. The molecule has 96 valence electrons. The van der Waals surface area contributed by atoms with Crippen molar-refractivity contribution in [1.29, 1.82) is 0 Å². The van der Waals surface area contributed by atoms with Crippen LogP contribution in [-0.4, -0.2) is 9.97 Å². The predicted octanol–water partition coefficient (Wildman–Crippen LogP) is 3.32. The van der Waals surface area contributed by atoms with Gasteiger partial charge in [0, 0.05) is 29.1 Å². The molecule has 2 heterocycles. The highest BCUT2D eigenvalue weighted by Crippen LogP contribution is 2.32. The monoisotopic (exact) mass is 261 g/mol. The number of pyridine rings is 1. The highest BCUT2D eigenvalue weighted by molar-refractivity contribution is 7.15. The third kappa shape index (κ3) is 2.88. The van der Waals surface area contributed by atoms with E-state index in [0.29, 0.717) is 5.13 Å². The molecule has 4 heteroatoms. The van der Waals surface area contributed by atoms with Gasteiger partial charge in [-0.05, 0) is 18.1 Å². The number of anilines is 1. The van der Waals surface area contributed by atoms with Gasteiger partial charge < -0.3 is 5.73 Å². The van der Waals surface area contributed by atoms with Crippen LogP contribution >= 0.6 is 11.3 Å². The third-order valence-corrected chi connectivity index (χ3v) is 3.61. The molecule has 18 heavy (non-hydrogen) atoms. The highest BCUT2D eigenvalue weighted by Gasteiger charge is 2.22. The first-order valence-electron chi connectivity index (χ1n) is 6.02. The Balaban J connectivity index is 2.35. The van der Waals surface area contributed by atoms with Gasteiger partial charge in [-0.3, -0.25) is 4.98 Å². The van der Waals surface area contributed by atoms with E-state index in [1.165, 1.54) is 16.0 Å². The first kappa shape index (κ1) is 13.0. The van der Waals surface area contributed by atoms with E-state index >= 15 is 0 Å². The summed E-state index contributed by atoms with van der Waals surface area (Å²) in [5.74, 6) is 0. The fourth-order valence-electron chi connectivity index (χ4n) is 1.98. The normalized spacial score (nSPS) is 11.8. The van der Waals surface area contributed by atoms with Crippen molar-refractivity contribution in [3.8, 4) is 0 Å². The Morgan fingerprint density at radius 3 is 2.61 bits per heavy atom. The van der Waals surface area contributed by atoms with Gasteiger partial charge >= 0.3 is 0 Å². The Kier molecular flexibility index (Phi) is 3.39. The minimum Gasteiger partial charge on any atom is -0.375 e. The van der Waals surface area contributed by atoms with E-state index in [2.05, 4.69) is 43.7 Å². The summed E-state index contributed by atoms with van der Waals surface area (Å²) in [5, 5.41) is 0.649. The summed E-state index contributed by atoms with van der Waals surface area (Å²) in [4.78, 5) is 9.95. The van der Waals surface area contributed by atoms with Crippen LogP contribution in [0.25, 0.3) is 0 Å². The van der Waals surface area contributed by atoms with E-state index in [4.69, 9.17) is 5.73 Å². The standard InChI is InChI=1S/C14H19N3S/c1-9-5-10(8-16-7-9)6-11-12(14(2,3)4)17-13(15)18-11/h5,7-8H,6H2,1-4H3,(H2,15,17). The van der Waals surface area contributed by atoms with Crippen LogP contribution in [0.2, 0.25) is 0 Å². The quantitative estimate of drug-likeness (QED) is 0.902. The van der Waals surface area contributed by atoms with Crippen molar-refractivity contribution in [2.45, 2.75) is 39.5 Å². The molecule has 0 aliphatic heterocycles. The van der Waals surface area contributed by atoms with Gasteiger partial charge in [-0.15, -0.1) is 11.3 Å². The van der Waals surface area contributed by atoms with Crippen LogP contribution in [0.15, 0.2) is 18.5 Å². The van der Waals surface area contributed by atoms with E-state index in [-0.39, 0.29) is 5.41 Å². The summed E-state index contributed by atoms with van der Waals surface area (Å²) in [6.07, 6.45) is 4.64. The van der Waals surface area contributed by atoms with Crippen molar-refractivity contribution < 1.29 is 0 Å². The Morgan fingerprint density at radius 2 is 2.00 bits per heavy atom. The van der Waals surface area contributed by atoms with Crippen LogP contribution in [0, 0.1) is 6.92 Å². The van der Waals surface area contributed by atoms with Crippen LogP contribution in [0.3, 0.4) is 0 Å².